The van der Waals surface area contributed by atoms with Gasteiger partial charge in [0, 0.05) is 0 Å². The van der Waals surface area contributed by atoms with E-state index in [1.54, 1.807) is 13.8 Å². The maximum atomic E-state index is 12.3. The predicted molar refractivity (Wildman–Crippen MR) is 59.6 cm³/mol. The molecule has 0 aromatic rings. The highest BCUT2D eigenvalue weighted by Gasteiger charge is 2.52. The second-order valence-electron chi connectivity index (χ2n) is 4.60. The Labute approximate surface area is 113 Å². The third-order valence-electron chi connectivity index (χ3n) is 2.72. The Bertz CT molecular complexity index is 534. The molecule has 0 spiro atoms. The smallest absolute Gasteiger partial charge is 0.480 e. The second-order valence-corrected chi connectivity index (χ2v) is 6.13. The summed E-state index contributed by atoms with van der Waals surface area (Å²) in [6.07, 6.45) is -0.778. The number of rotatable bonds is 4. The molecule has 0 bridgehead atoms. The molecule has 0 unspecified atom stereocenters. The third-order valence-corrected chi connectivity index (χ3v) is 3.68. The Morgan fingerprint density at radius 2 is 1.90 bits per heavy atom. The molecule has 1 N–H and O–H groups in total. The van der Waals surface area contributed by atoms with Crippen molar-refractivity contribution in [1.29, 1.82) is 0 Å². The van der Waals surface area contributed by atoms with Crippen molar-refractivity contribution in [3.63, 3.8) is 0 Å². The van der Waals surface area contributed by atoms with Crippen molar-refractivity contribution in [3.05, 3.63) is 11.5 Å². The normalized spacial score (nSPS) is 23.9. The van der Waals surface area contributed by atoms with Gasteiger partial charge in [0.1, 0.15) is 6.10 Å². The van der Waals surface area contributed by atoms with Crippen molar-refractivity contribution < 1.29 is 40.4 Å². The van der Waals surface area contributed by atoms with Crippen LogP contribution in [-0.4, -0.2) is 31.1 Å². The quantitative estimate of drug-likeness (QED) is 0.628. The molecule has 20 heavy (non-hydrogen) atoms. The van der Waals surface area contributed by atoms with Crippen LogP contribution < -0.4 is 0 Å². The number of hydrogen-bond acceptors (Lipinski definition) is 5. The molecule has 0 fully saturated rings. The Balaban J connectivity index is 3.19. The fourth-order valence-corrected chi connectivity index (χ4v) is 2.36. The highest BCUT2D eigenvalue weighted by Crippen LogP contribution is 2.38. The molecule has 1 rings (SSSR count). The molecule has 0 saturated carbocycles. The van der Waals surface area contributed by atoms with Crippen LogP contribution in [0.4, 0.5) is 13.2 Å². The number of ether oxygens (including phenoxy) is 1. The van der Waals surface area contributed by atoms with Crippen LogP contribution in [0, 0.1) is 11.8 Å². The van der Waals surface area contributed by atoms with E-state index in [4.69, 9.17) is 9.84 Å². The molecule has 1 aliphatic heterocycles. The van der Waals surface area contributed by atoms with Gasteiger partial charge in [-0.2, -0.15) is 21.6 Å². The lowest BCUT2D eigenvalue weighted by atomic mass is 9.95. The lowest BCUT2D eigenvalue weighted by Crippen LogP contribution is -2.28. The molecule has 6 nitrogen and oxygen atoms in total. The molecule has 0 aliphatic carbocycles. The van der Waals surface area contributed by atoms with Gasteiger partial charge in [0.25, 0.3) is 0 Å². The van der Waals surface area contributed by atoms with Crippen LogP contribution in [0.5, 0.6) is 0 Å². The lowest BCUT2D eigenvalue weighted by Gasteiger charge is -2.20. The Morgan fingerprint density at radius 1 is 1.40 bits per heavy atom. The molecule has 1 aliphatic rings. The van der Waals surface area contributed by atoms with Gasteiger partial charge in [0.2, 0.25) is 5.76 Å². The van der Waals surface area contributed by atoms with Crippen molar-refractivity contribution in [3.8, 4) is 0 Å². The highest BCUT2D eigenvalue weighted by molar-refractivity contribution is 7.87. The summed E-state index contributed by atoms with van der Waals surface area (Å²) >= 11 is 0. The molecule has 0 radical (unpaired) electrons. The maximum Gasteiger partial charge on any atom is 0.534 e. The molecule has 0 amide bonds. The Morgan fingerprint density at radius 3 is 2.25 bits per heavy atom. The molecule has 0 aromatic heterocycles. The SMILES string of the molecule is CC(C)[C@@H]1OC(C(=O)O)=C(OS(=O)(=O)C(F)(F)F)[C@@H]1C. The summed E-state index contributed by atoms with van der Waals surface area (Å²) in [6.45, 7) is 4.64. The van der Waals surface area contributed by atoms with E-state index in [2.05, 4.69) is 4.18 Å². The fourth-order valence-electron chi connectivity index (χ4n) is 1.80. The first-order valence-electron chi connectivity index (χ1n) is 5.53. The fraction of sp³-hybridized carbons (Fsp3) is 0.700. The summed E-state index contributed by atoms with van der Waals surface area (Å²) in [5, 5.41) is 8.86. The number of aliphatic carboxylic acids is 1. The lowest BCUT2D eigenvalue weighted by molar-refractivity contribution is -0.137. The van der Waals surface area contributed by atoms with Crippen molar-refractivity contribution in [2.75, 3.05) is 0 Å². The van der Waals surface area contributed by atoms with Crippen LogP contribution >= 0.6 is 0 Å². The van der Waals surface area contributed by atoms with Gasteiger partial charge in [0.05, 0.1) is 5.92 Å². The van der Waals surface area contributed by atoms with Gasteiger partial charge >= 0.3 is 21.6 Å². The van der Waals surface area contributed by atoms with Gasteiger partial charge in [-0.15, -0.1) is 0 Å². The predicted octanol–water partition coefficient (Wildman–Crippen LogP) is 1.84. The van der Waals surface area contributed by atoms with Crippen LogP contribution in [0.3, 0.4) is 0 Å². The number of halogens is 3. The number of carboxylic acid groups (broad SMARTS) is 1. The molecule has 10 heteroatoms. The van der Waals surface area contributed by atoms with E-state index in [1.807, 2.05) is 0 Å². The number of carbonyl (C=O) groups is 1. The summed E-state index contributed by atoms with van der Waals surface area (Å²) < 4.78 is 67.7. The molecule has 0 aromatic carbocycles. The molecule has 2 atom stereocenters. The zero-order valence-corrected chi connectivity index (χ0v) is 11.6. The van der Waals surface area contributed by atoms with Crippen LogP contribution in [-0.2, 0) is 23.8 Å². The largest absolute Gasteiger partial charge is 0.534 e. The zero-order chi connectivity index (χ0) is 15.9. The standard InChI is InChI=1S/C10H13F3O6S/c1-4(2)6-5(3)7(8(18-6)9(14)15)19-20(16,17)10(11,12)13/h4-6H,1-3H3,(H,14,15)/t5-,6+/m1/s1. The molecule has 1 heterocycles. The zero-order valence-electron chi connectivity index (χ0n) is 10.8. The van der Waals surface area contributed by atoms with Gasteiger partial charge in [0.15, 0.2) is 5.76 Å². The summed E-state index contributed by atoms with van der Waals surface area (Å²) in [6, 6.07) is 0. The van der Waals surface area contributed by atoms with Crippen molar-refractivity contribution in [2.45, 2.75) is 32.4 Å². The maximum absolute atomic E-state index is 12.3. The van der Waals surface area contributed by atoms with E-state index in [-0.39, 0.29) is 5.92 Å². The second kappa shape index (κ2) is 5.15. The summed E-state index contributed by atoms with van der Waals surface area (Å²) in [5.41, 5.74) is -5.64. The minimum atomic E-state index is -5.93. The number of alkyl halides is 3. The summed E-state index contributed by atoms with van der Waals surface area (Å²) in [4.78, 5) is 10.9. The average Bonchev–Trinajstić information content (AvgIpc) is 2.54. The van der Waals surface area contributed by atoms with E-state index in [9.17, 15) is 26.4 Å². The van der Waals surface area contributed by atoms with Crippen LogP contribution in [0.1, 0.15) is 20.8 Å². The number of carboxylic acids is 1. The van der Waals surface area contributed by atoms with E-state index < -0.39 is 45.1 Å². The van der Waals surface area contributed by atoms with Crippen molar-refractivity contribution >= 4 is 16.1 Å². The average molecular weight is 318 g/mol. The molecular weight excluding hydrogens is 305 g/mol. The minimum Gasteiger partial charge on any atom is -0.480 e. The monoisotopic (exact) mass is 318 g/mol. The summed E-state index contributed by atoms with van der Waals surface area (Å²) in [5.74, 6) is -4.61. The van der Waals surface area contributed by atoms with Crippen molar-refractivity contribution in [1.82, 2.24) is 0 Å². The topological polar surface area (TPSA) is 89.9 Å². The first-order chi connectivity index (χ1) is 8.88. The highest BCUT2D eigenvalue weighted by atomic mass is 32.2. The Kier molecular flexibility index (Phi) is 4.28. The summed E-state index contributed by atoms with van der Waals surface area (Å²) in [7, 11) is -5.93. The van der Waals surface area contributed by atoms with Crippen LogP contribution in [0.25, 0.3) is 0 Å². The molecule has 116 valence electrons. The Hall–Kier alpha value is -1.45. The molecule has 0 saturated heterocycles. The van der Waals surface area contributed by atoms with E-state index >= 15 is 0 Å². The first-order valence-corrected chi connectivity index (χ1v) is 6.94. The molecular formula is C10H13F3O6S. The van der Waals surface area contributed by atoms with Crippen molar-refractivity contribution in [2.24, 2.45) is 11.8 Å². The van der Waals surface area contributed by atoms with E-state index in [0.29, 0.717) is 0 Å². The van der Waals surface area contributed by atoms with Gasteiger partial charge < -0.3 is 14.0 Å². The van der Waals surface area contributed by atoms with Crippen LogP contribution in [0.15, 0.2) is 11.5 Å². The third kappa shape index (κ3) is 3.00. The van der Waals surface area contributed by atoms with Gasteiger partial charge in [-0.3, -0.25) is 0 Å². The van der Waals surface area contributed by atoms with Crippen LogP contribution in [0.2, 0.25) is 0 Å². The van der Waals surface area contributed by atoms with Gasteiger partial charge in [-0.1, -0.05) is 20.8 Å². The van der Waals surface area contributed by atoms with Gasteiger partial charge in [-0.05, 0) is 5.92 Å². The first kappa shape index (κ1) is 16.6. The van der Waals surface area contributed by atoms with E-state index in [1.165, 1.54) is 6.92 Å². The van der Waals surface area contributed by atoms with Gasteiger partial charge in [-0.25, -0.2) is 4.79 Å². The number of hydrogen-bond donors (Lipinski definition) is 1. The van der Waals surface area contributed by atoms with E-state index in [0.717, 1.165) is 0 Å². The minimum absolute atomic E-state index is 0.242.